The van der Waals surface area contributed by atoms with Gasteiger partial charge in [0.25, 0.3) is 0 Å². The molecular weight excluding hydrogens is 276 g/mol. The summed E-state index contributed by atoms with van der Waals surface area (Å²) in [5, 5.41) is 9.22. The van der Waals surface area contributed by atoms with Gasteiger partial charge in [0.05, 0.1) is 6.61 Å². The van der Waals surface area contributed by atoms with Crippen molar-refractivity contribution in [3.8, 4) is 0 Å². The standard InChI is InChI=1S/C10H18N2O6S/c1-3-18-9(15)11-19(16,17)12-7-5-4-6-10(12,2)8(13)14/h3-7H2,1-2H3,(H,11,15)(H,13,14). The molecule has 1 atom stereocenters. The van der Waals surface area contributed by atoms with Crippen LogP contribution in [-0.4, -0.2) is 48.6 Å². The van der Waals surface area contributed by atoms with Crippen molar-refractivity contribution in [3.63, 3.8) is 0 Å². The first-order valence-corrected chi connectivity index (χ1v) is 7.39. The van der Waals surface area contributed by atoms with Crippen molar-refractivity contribution in [1.82, 2.24) is 9.03 Å². The molecule has 110 valence electrons. The number of carbonyl (C=O) groups is 2. The van der Waals surface area contributed by atoms with Gasteiger partial charge in [0.15, 0.2) is 0 Å². The first-order chi connectivity index (χ1) is 8.74. The smallest absolute Gasteiger partial charge is 0.421 e. The van der Waals surface area contributed by atoms with Crippen LogP contribution in [-0.2, 0) is 19.7 Å². The van der Waals surface area contributed by atoms with E-state index in [-0.39, 0.29) is 19.6 Å². The van der Waals surface area contributed by atoms with Gasteiger partial charge in [0.1, 0.15) is 5.54 Å². The second kappa shape index (κ2) is 5.74. The van der Waals surface area contributed by atoms with E-state index in [1.165, 1.54) is 13.8 Å². The Labute approximate surface area is 111 Å². The molecule has 0 aromatic heterocycles. The number of aliphatic carboxylic acids is 1. The highest BCUT2D eigenvalue weighted by molar-refractivity contribution is 7.87. The minimum absolute atomic E-state index is 0.0253. The lowest BCUT2D eigenvalue weighted by Gasteiger charge is -2.39. The molecule has 0 bridgehead atoms. The van der Waals surface area contributed by atoms with Gasteiger partial charge in [0.2, 0.25) is 0 Å². The Morgan fingerprint density at radius 2 is 2.05 bits per heavy atom. The highest BCUT2D eigenvalue weighted by Gasteiger charge is 2.48. The van der Waals surface area contributed by atoms with Crippen LogP contribution >= 0.6 is 0 Å². The van der Waals surface area contributed by atoms with Crippen molar-refractivity contribution in [2.24, 2.45) is 0 Å². The van der Waals surface area contributed by atoms with Crippen molar-refractivity contribution in [2.75, 3.05) is 13.2 Å². The number of nitrogens with zero attached hydrogens (tertiary/aromatic N) is 1. The van der Waals surface area contributed by atoms with Gasteiger partial charge in [0, 0.05) is 6.54 Å². The summed E-state index contributed by atoms with van der Waals surface area (Å²) in [6.07, 6.45) is 0.258. The predicted molar refractivity (Wildman–Crippen MR) is 65.7 cm³/mol. The molecule has 1 amide bonds. The second-order valence-electron chi connectivity index (χ2n) is 4.44. The van der Waals surface area contributed by atoms with E-state index >= 15 is 0 Å². The number of nitrogens with one attached hydrogen (secondary N) is 1. The highest BCUT2D eigenvalue weighted by atomic mass is 32.2. The van der Waals surface area contributed by atoms with Crippen molar-refractivity contribution >= 4 is 22.3 Å². The third-order valence-electron chi connectivity index (χ3n) is 3.06. The lowest BCUT2D eigenvalue weighted by Crippen LogP contribution is -2.60. The van der Waals surface area contributed by atoms with Gasteiger partial charge >= 0.3 is 22.3 Å². The van der Waals surface area contributed by atoms with Gasteiger partial charge < -0.3 is 9.84 Å². The number of carboxylic acid groups (broad SMARTS) is 1. The fourth-order valence-corrected chi connectivity index (χ4v) is 3.47. The molecule has 19 heavy (non-hydrogen) atoms. The molecule has 8 nitrogen and oxygen atoms in total. The molecule has 0 aliphatic carbocycles. The summed E-state index contributed by atoms with van der Waals surface area (Å²) < 4.78 is 31.1. The molecule has 0 aromatic rings. The Balaban J connectivity index is 2.97. The van der Waals surface area contributed by atoms with Gasteiger partial charge in [-0.3, -0.25) is 4.79 Å². The van der Waals surface area contributed by atoms with E-state index < -0.39 is 27.8 Å². The van der Waals surface area contributed by atoms with E-state index in [0.29, 0.717) is 12.8 Å². The molecule has 0 spiro atoms. The maximum Gasteiger partial charge on any atom is 0.421 e. The van der Waals surface area contributed by atoms with Crippen LogP contribution in [0.25, 0.3) is 0 Å². The SMILES string of the molecule is CCOC(=O)NS(=O)(=O)N1CCCCC1(C)C(=O)O. The Kier molecular flexibility index (Phi) is 4.75. The first kappa shape index (κ1) is 15.7. The summed E-state index contributed by atoms with van der Waals surface area (Å²) in [5.41, 5.74) is -1.55. The van der Waals surface area contributed by atoms with Crippen LogP contribution in [0.5, 0.6) is 0 Å². The Hall–Kier alpha value is -1.35. The van der Waals surface area contributed by atoms with Crippen LogP contribution in [0.2, 0.25) is 0 Å². The monoisotopic (exact) mass is 294 g/mol. The Morgan fingerprint density at radius 1 is 1.42 bits per heavy atom. The number of amides is 1. The molecule has 0 aromatic carbocycles. The number of hydrogen-bond donors (Lipinski definition) is 2. The van der Waals surface area contributed by atoms with Gasteiger partial charge in [-0.05, 0) is 33.1 Å². The maximum atomic E-state index is 12.0. The summed E-state index contributed by atoms with van der Waals surface area (Å²) in [4.78, 5) is 22.5. The zero-order valence-electron chi connectivity index (χ0n) is 10.9. The molecular formula is C10H18N2O6S. The largest absolute Gasteiger partial charge is 0.480 e. The average molecular weight is 294 g/mol. The summed E-state index contributed by atoms with van der Waals surface area (Å²) in [6.45, 7) is 2.95. The minimum atomic E-state index is -4.23. The number of ether oxygens (including phenoxy) is 1. The van der Waals surface area contributed by atoms with E-state index in [0.717, 1.165) is 4.31 Å². The fraction of sp³-hybridized carbons (Fsp3) is 0.800. The summed E-state index contributed by atoms with van der Waals surface area (Å²) >= 11 is 0. The first-order valence-electron chi connectivity index (χ1n) is 5.95. The molecule has 0 saturated carbocycles. The molecule has 1 aliphatic heterocycles. The normalized spacial score (nSPS) is 24.7. The second-order valence-corrected chi connectivity index (χ2v) is 6.03. The van der Waals surface area contributed by atoms with Crippen molar-refractivity contribution in [3.05, 3.63) is 0 Å². The number of hydrogen-bond acceptors (Lipinski definition) is 5. The van der Waals surface area contributed by atoms with Crippen molar-refractivity contribution < 1.29 is 27.9 Å². The molecule has 1 heterocycles. The number of rotatable bonds is 4. The lowest BCUT2D eigenvalue weighted by atomic mass is 9.91. The van der Waals surface area contributed by atoms with Crippen LogP contribution in [0, 0.1) is 0 Å². The zero-order valence-corrected chi connectivity index (χ0v) is 11.7. The Bertz CT molecular complexity index is 463. The summed E-state index contributed by atoms with van der Waals surface area (Å²) in [5.74, 6) is -1.23. The fourth-order valence-electron chi connectivity index (χ4n) is 2.02. The third kappa shape index (κ3) is 3.35. The van der Waals surface area contributed by atoms with E-state index in [1.807, 2.05) is 0 Å². The predicted octanol–water partition coefficient (Wildman–Crippen LogP) is 0.306. The molecule has 1 aliphatic rings. The van der Waals surface area contributed by atoms with Gasteiger partial charge in [-0.2, -0.15) is 12.7 Å². The number of carboxylic acids is 1. The van der Waals surface area contributed by atoms with Crippen molar-refractivity contribution in [2.45, 2.75) is 38.6 Å². The molecule has 9 heteroatoms. The van der Waals surface area contributed by atoms with E-state index in [1.54, 1.807) is 4.72 Å². The summed E-state index contributed by atoms with van der Waals surface area (Å²) in [7, 11) is -4.23. The molecule has 1 rings (SSSR count). The maximum absolute atomic E-state index is 12.0. The van der Waals surface area contributed by atoms with E-state index in [4.69, 9.17) is 0 Å². The molecule has 2 N–H and O–H groups in total. The van der Waals surface area contributed by atoms with Gasteiger partial charge in [-0.1, -0.05) is 0 Å². The quantitative estimate of drug-likeness (QED) is 0.771. The van der Waals surface area contributed by atoms with E-state index in [2.05, 4.69) is 4.74 Å². The lowest BCUT2D eigenvalue weighted by molar-refractivity contribution is -0.149. The molecule has 1 fully saturated rings. The third-order valence-corrected chi connectivity index (χ3v) is 4.65. The van der Waals surface area contributed by atoms with Gasteiger partial charge in [-0.15, -0.1) is 0 Å². The Morgan fingerprint density at radius 3 is 2.58 bits per heavy atom. The molecule has 1 unspecified atom stereocenters. The number of carbonyl (C=O) groups excluding carboxylic acids is 1. The minimum Gasteiger partial charge on any atom is -0.480 e. The molecule has 1 saturated heterocycles. The molecule has 0 radical (unpaired) electrons. The van der Waals surface area contributed by atoms with Crippen LogP contribution in [0.3, 0.4) is 0 Å². The van der Waals surface area contributed by atoms with Gasteiger partial charge in [-0.25, -0.2) is 9.52 Å². The van der Waals surface area contributed by atoms with Crippen LogP contribution < -0.4 is 4.72 Å². The van der Waals surface area contributed by atoms with Crippen LogP contribution in [0.4, 0.5) is 4.79 Å². The number of piperidine rings is 1. The highest BCUT2D eigenvalue weighted by Crippen LogP contribution is 2.30. The van der Waals surface area contributed by atoms with Crippen LogP contribution in [0.15, 0.2) is 0 Å². The topological polar surface area (TPSA) is 113 Å². The summed E-state index contributed by atoms with van der Waals surface area (Å²) in [6, 6.07) is 0. The van der Waals surface area contributed by atoms with Crippen molar-refractivity contribution in [1.29, 1.82) is 0 Å². The zero-order chi connectivity index (χ0) is 14.7. The van der Waals surface area contributed by atoms with Crippen LogP contribution in [0.1, 0.15) is 33.1 Å². The van der Waals surface area contributed by atoms with E-state index in [9.17, 15) is 23.1 Å². The average Bonchev–Trinajstić information content (AvgIpc) is 2.28.